The zero-order valence-electron chi connectivity index (χ0n) is 16.2. The Hall–Kier alpha value is -3.19. The van der Waals surface area contributed by atoms with Crippen molar-refractivity contribution in [2.45, 2.75) is 6.04 Å². The number of carbonyl (C=O) groups excluding carboxylic acids is 3. The van der Waals surface area contributed by atoms with Crippen LogP contribution in [0.4, 0.5) is 0 Å². The van der Waals surface area contributed by atoms with E-state index in [0.29, 0.717) is 17.7 Å². The van der Waals surface area contributed by atoms with Crippen molar-refractivity contribution in [1.82, 2.24) is 10.2 Å². The minimum absolute atomic E-state index is 0.0396. The summed E-state index contributed by atoms with van der Waals surface area (Å²) in [5, 5.41) is 2.85. The second kappa shape index (κ2) is 8.22. The molecule has 2 aromatic rings. The first kappa shape index (κ1) is 19.6. The van der Waals surface area contributed by atoms with Crippen molar-refractivity contribution >= 4 is 17.7 Å². The first-order valence-electron chi connectivity index (χ1n) is 9.09. The van der Waals surface area contributed by atoms with Crippen molar-refractivity contribution < 1.29 is 24.0 Å². The Morgan fingerprint density at radius 1 is 1.04 bits per heavy atom. The standard InChI is InChI=1S/C21H23N3O4/c1-23(2)17(16-10-6-7-11-18(16)28-3)12-22-19(25)13-24-20(26)14-8-4-5-9-15(14)21(24)27/h4-11,17H,12-13H2,1-3H3,(H,22,25)/p+1/t17-/m0/s1. The first-order chi connectivity index (χ1) is 13.4. The molecule has 28 heavy (non-hydrogen) atoms. The van der Waals surface area contributed by atoms with Gasteiger partial charge in [0.05, 0.1) is 44.4 Å². The van der Waals surface area contributed by atoms with Gasteiger partial charge in [0.1, 0.15) is 18.3 Å². The van der Waals surface area contributed by atoms with Crippen LogP contribution >= 0.6 is 0 Å². The molecule has 1 aliphatic heterocycles. The Morgan fingerprint density at radius 3 is 2.18 bits per heavy atom. The normalized spacial score (nSPS) is 14.2. The Balaban J connectivity index is 1.66. The number of amides is 3. The van der Waals surface area contributed by atoms with Crippen LogP contribution in [-0.2, 0) is 4.79 Å². The topological polar surface area (TPSA) is 80.2 Å². The molecule has 1 heterocycles. The third kappa shape index (κ3) is 3.75. The van der Waals surface area contributed by atoms with E-state index in [-0.39, 0.29) is 18.5 Å². The van der Waals surface area contributed by atoms with Gasteiger partial charge in [-0.1, -0.05) is 24.3 Å². The summed E-state index contributed by atoms with van der Waals surface area (Å²) in [4.78, 5) is 39.4. The number of imide groups is 1. The predicted molar refractivity (Wildman–Crippen MR) is 103 cm³/mol. The lowest BCUT2D eigenvalue weighted by atomic mass is 10.0. The zero-order valence-corrected chi connectivity index (χ0v) is 16.2. The van der Waals surface area contributed by atoms with E-state index in [9.17, 15) is 14.4 Å². The average Bonchev–Trinajstić information content (AvgIpc) is 2.93. The van der Waals surface area contributed by atoms with E-state index in [1.807, 2.05) is 38.4 Å². The molecule has 2 N–H and O–H groups in total. The van der Waals surface area contributed by atoms with E-state index in [2.05, 4.69) is 5.32 Å². The minimum Gasteiger partial charge on any atom is -0.496 e. The number of rotatable bonds is 7. The molecule has 1 aliphatic rings. The number of ether oxygens (including phenoxy) is 1. The maximum atomic E-state index is 12.5. The number of fused-ring (bicyclic) bond motifs is 1. The Bertz CT molecular complexity index is 875. The Labute approximate surface area is 163 Å². The van der Waals surface area contributed by atoms with Crippen LogP contribution in [0, 0.1) is 0 Å². The number of likely N-dealkylation sites (N-methyl/N-ethyl adjacent to an activating group) is 1. The van der Waals surface area contributed by atoms with Gasteiger partial charge < -0.3 is 15.0 Å². The zero-order chi connectivity index (χ0) is 20.3. The Morgan fingerprint density at radius 2 is 1.61 bits per heavy atom. The molecule has 0 aliphatic carbocycles. The predicted octanol–water partition coefficient (Wildman–Crippen LogP) is 0.293. The molecule has 2 aromatic carbocycles. The second-order valence-electron chi connectivity index (χ2n) is 6.92. The summed E-state index contributed by atoms with van der Waals surface area (Å²) in [7, 11) is 5.60. The quantitative estimate of drug-likeness (QED) is 0.675. The van der Waals surface area contributed by atoms with E-state index in [0.717, 1.165) is 21.1 Å². The number of nitrogens with zero attached hydrogens (tertiary/aromatic N) is 1. The summed E-state index contributed by atoms with van der Waals surface area (Å²) >= 11 is 0. The second-order valence-corrected chi connectivity index (χ2v) is 6.92. The van der Waals surface area contributed by atoms with E-state index >= 15 is 0 Å². The molecular weight excluding hydrogens is 358 g/mol. The highest BCUT2D eigenvalue weighted by atomic mass is 16.5. The van der Waals surface area contributed by atoms with Crippen LogP contribution in [0.2, 0.25) is 0 Å². The van der Waals surface area contributed by atoms with Crippen LogP contribution in [0.3, 0.4) is 0 Å². The largest absolute Gasteiger partial charge is 0.496 e. The molecule has 3 amide bonds. The fraction of sp³-hybridized carbons (Fsp3) is 0.286. The van der Waals surface area contributed by atoms with Gasteiger partial charge in [0.15, 0.2) is 0 Å². The van der Waals surface area contributed by atoms with E-state index in [4.69, 9.17) is 4.74 Å². The molecule has 3 rings (SSSR count). The van der Waals surface area contributed by atoms with E-state index < -0.39 is 11.8 Å². The van der Waals surface area contributed by atoms with E-state index in [1.54, 1.807) is 31.4 Å². The number of quaternary nitrogens is 1. The molecule has 0 saturated heterocycles. The van der Waals surface area contributed by atoms with Gasteiger partial charge >= 0.3 is 0 Å². The molecule has 7 nitrogen and oxygen atoms in total. The molecule has 0 saturated carbocycles. The molecule has 146 valence electrons. The highest BCUT2D eigenvalue weighted by molar-refractivity contribution is 6.22. The third-order valence-electron chi connectivity index (χ3n) is 4.89. The van der Waals surface area contributed by atoms with Crippen LogP contribution in [0.25, 0.3) is 0 Å². The molecule has 0 spiro atoms. The number of methoxy groups -OCH3 is 1. The van der Waals surface area contributed by atoms with Gasteiger partial charge in [-0.2, -0.15) is 0 Å². The van der Waals surface area contributed by atoms with Crippen molar-refractivity contribution in [3.05, 3.63) is 65.2 Å². The van der Waals surface area contributed by atoms with Gasteiger partial charge in [-0.25, -0.2) is 0 Å². The number of nitrogens with one attached hydrogen (secondary N) is 2. The van der Waals surface area contributed by atoms with Crippen molar-refractivity contribution in [2.24, 2.45) is 0 Å². The number of carbonyl (C=O) groups is 3. The van der Waals surface area contributed by atoms with Gasteiger partial charge in [0.25, 0.3) is 11.8 Å². The number of hydrogen-bond acceptors (Lipinski definition) is 4. The van der Waals surface area contributed by atoms with Gasteiger partial charge in [-0.05, 0) is 24.3 Å². The van der Waals surface area contributed by atoms with Crippen LogP contribution in [0.5, 0.6) is 5.75 Å². The lowest BCUT2D eigenvalue weighted by Crippen LogP contribution is -3.07. The highest BCUT2D eigenvalue weighted by Crippen LogP contribution is 2.23. The van der Waals surface area contributed by atoms with Crippen LogP contribution in [-0.4, -0.2) is 56.9 Å². The summed E-state index contributed by atoms with van der Waals surface area (Å²) < 4.78 is 5.43. The minimum atomic E-state index is -0.435. The van der Waals surface area contributed by atoms with Crippen molar-refractivity contribution in [3.8, 4) is 5.75 Å². The third-order valence-corrected chi connectivity index (χ3v) is 4.89. The van der Waals surface area contributed by atoms with Crippen molar-refractivity contribution in [1.29, 1.82) is 0 Å². The maximum Gasteiger partial charge on any atom is 0.262 e. The molecule has 1 atom stereocenters. The summed E-state index contributed by atoms with van der Waals surface area (Å²) in [6.45, 7) is 0.0540. The summed E-state index contributed by atoms with van der Waals surface area (Å²) in [6.07, 6.45) is 0. The van der Waals surface area contributed by atoms with Crippen molar-refractivity contribution in [3.63, 3.8) is 0 Å². The monoisotopic (exact) mass is 382 g/mol. The molecular formula is C21H24N3O4+. The average molecular weight is 382 g/mol. The SMILES string of the molecule is COc1ccccc1[C@H](CNC(=O)CN1C(=O)c2ccccc2C1=O)[NH+](C)C. The summed E-state index contributed by atoms with van der Waals surface area (Å²) in [6, 6.07) is 14.2. The molecule has 0 bridgehead atoms. The molecule has 0 aromatic heterocycles. The lowest BCUT2D eigenvalue weighted by molar-refractivity contribution is -0.890. The number of para-hydroxylation sites is 1. The lowest BCUT2D eigenvalue weighted by Gasteiger charge is -2.24. The molecule has 0 radical (unpaired) electrons. The fourth-order valence-corrected chi connectivity index (χ4v) is 3.38. The van der Waals surface area contributed by atoms with Crippen LogP contribution < -0.4 is 15.0 Å². The van der Waals surface area contributed by atoms with E-state index in [1.165, 1.54) is 0 Å². The number of benzene rings is 2. The highest BCUT2D eigenvalue weighted by Gasteiger charge is 2.36. The van der Waals surface area contributed by atoms with Crippen molar-refractivity contribution in [2.75, 3.05) is 34.3 Å². The fourth-order valence-electron chi connectivity index (χ4n) is 3.38. The van der Waals surface area contributed by atoms with Crippen LogP contribution in [0.15, 0.2) is 48.5 Å². The van der Waals surface area contributed by atoms with Gasteiger partial charge in [-0.3, -0.25) is 19.3 Å². The maximum absolute atomic E-state index is 12.5. The first-order valence-corrected chi connectivity index (χ1v) is 9.09. The molecule has 0 unspecified atom stereocenters. The van der Waals surface area contributed by atoms with Gasteiger partial charge in [0.2, 0.25) is 5.91 Å². The summed E-state index contributed by atoms with van der Waals surface area (Å²) in [5.74, 6) is -0.496. The summed E-state index contributed by atoms with van der Waals surface area (Å²) in [5.41, 5.74) is 1.65. The van der Waals surface area contributed by atoms with Crippen LogP contribution in [0.1, 0.15) is 32.3 Å². The molecule has 7 heteroatoms. The Kier molecular flexibility index (Phi) is 5.75. The number of hydrogen-bond donors (Lipinski definition) is 2. The van der Waals surface area contributed by atoms with Gasteiger partial charge in [0, 0.05) is 0 Å². The molecule has 0 fully saturated rings. The smallest absolute Gasteiger partial charge is 0.262 e. The van der Waals surface area contributed by atoms with Gasteiger partial charge in [-0.15, -0.1) is 0 Å².